The van der Waals surface area contributed by atoms with Crippen LogP contribution >= 0.6 is 0 Å². The monoisotopic (exact) mass is 453 g/mol. The van der Waals surface area contributed by atoms with Crippen molar-refractivity contribution >= 4 is 33.9 Å². The van der Waals surface area contributed by atoms with Crippen molar-refractivity contribution in [1.29, 1.82) is 0 Å². The number of carbonyl (C=O) groups excluding carboxylic acids is 1. The molecule has 0 spiro atoms. The highest BCUT2D eigenvalue weighted by molar-refractivity contribution is 6.10. The van der Waals surface area contributed by atoms with E-state index in [9.17, 15) is 9.18 Å². The summed E-state index contributed by atoms with van der Waals surface area (Å²) in [4.78, 5) is 14.6. The Labute approximate surface area is 189 Å². The number of alkyl halides is 1. The molecule has 0 bridgehead atoms. The van der Waals surface area contributed by atoms with Crippen LogP contribution in [-0.2, 0) is 16.1 Å². The third kappa shape index (κ3) is 4.35. The largest absolute Gasteiger partial charge is 0.466 e. The van der Waals surface area contributed by atoms with Gasteiger partial charge in [0.25, 0.3) is 0 Å². The zero-order chi connectivity index (χ0) is 23.9. The zero-order valence-electron chi connectivity index (χ0n) is 18.8. The number of aromatic nitrogens is 2. The van der Waals surface area contributed by atoms with Gasteiger partial charge in [0.2, 0.25) is 5.69 Å². The number of esters is 1. The number of rotatable bonds is 5. The topological polar surface area (TPSA) is 46.0 Å². The van der Waals surface area contributed by atoms with Crippen molar-refractivity contribution in [3.63, 3.8) is 0 Å². The highest BCUT2D eigenvalue weighted by Gasteiger charge is 2.33. The minimum Gasteiger partial charge on any atom is -0.466 e. The van der Waals surface area contributed by atoms with E-state index >= 15 is 8.78 Å². The molecule has 170 valence electrons. The molecule has 33 heavy (non-hydrogen) atoms. The second kappa shape index (κ2) is 8.39. The summed E-state index contributed by atoms with van der Waals surface area (Å²) >= 11 is 0. The van der Waals surface area contributed by atoms with Crippen LogP contribution in [0, 0.1) is 18.6 Å². The van der Waals surface area contributed by atoms with Gasteiger partial charge in [0.1, 0.15) is 22.7 Å². The summed E-state index contributed by atoms with van der Waals surface area (Å²) in [5.41, 5.74) is 0.490. The first-order valence-electron chi connectivity index (χ1n) is 10.5. The molecule has 4 nitrogen and oxygen atoms in total. The number of hydrogen-bond donors (Lipinski definition) is 1. The highest BCUT2D eigenvalue weighted by atomic mass is 19.1. The maximum absolute atomic E-state index is 15.4. The molecule has 0 saturated carbocycles. The first-order chi connectivity index (χ1) is 15.6. The third-order valence-corrected chi connectivity index (χ3v) is 5.48. The molecule has 2 aromatic carbocycles. The number of pyridine rings is 1. The minimum atomic E-state index is -1.62. The molecule has 0 aliphatic carbocycles. The summed E-state index contributed by atoms with van der Waals surface area (Å²) in [5, 5.41) is 1.70. The van der Waals surface area contributed by atoms with Gasteiger partial charge in [-0.1, -0.05) is 18.2 Å². The highest BCUT2D eigenvalue weighted by Crippen LogP contribution is 2.35. The van der Waals surface area contributed by atoms with Crippen LogP contribution in [0.3, 0.4) is 0 Å². The van der Waals surface area contributed by atoms with E-state index in [-0.39, 0.29) is 23.4 Å². The fourth-order valence-corrected chi connectivity index (χ4v) is 4.09. The number of aryl methyl sites for hydroxylation is 1. The summed E-state index contributed by atoms with van der Waals surface area (Å²) in [6, 6.07) is 11.7. The predicted molar refractivity (Wildman–Crippen MR) is 122 cm³/mol. The average molecular weight is 453 g/mol. The standard InChI is InChI=1S/C26H23F3N2O2/c1-15-11-18-17-7-5-6-8-21(17)30-24(18)25(31(15)14-26(2,3)29)23-19(27)12-16(13-20(23)28)9-10-22(32)33-4/h5-13H,14H2,1-4H3/p+1/b10-9+. The normalized spacial score (nSPS) is 12.2. The molecule has 0 fully saturated rings. The maximum atomic E-state index is 15.4. The first-order valence-corrected chi connectivity index (χ1v) is 10.5. The van der Waals surface area contributed by atoms with E-state index in [1.54, 1.807) is 11.5 Å². The van der Waals surface area contributed by atoms with E-state index in [2.05, 4.69) is 9.72 Å². The number of benzene rings is 2. The average Bonchev–Trinajstić information content (AvgIpc) is 3.10. The Morgan fingerprint density at radius 2 is 1.79 bits per heavy atom. The Morgan fingerprint density at radius 1 is 1.12 bits per heavy atom. The van der Waals surface area contributed by atoms with Gasteiger partial charge < -0.3 is 9.72 Å². The van der Waals surface area contributed by atoms with Crippen LogP contribution in [0.5, 0.6) is 0 Å². The molecule has 2 aromatic heterocycles. The van der Waals surface area contributed by atoms with Crippen LogP contribution in [-0.4, -0.2) is 23.7 Å². The summed E-state index contributed by atoms with van der Waals surface area (Å²) in [6.45, 7) is 4.54. The number of ether oxygens (including phenoxy) is 1. The van der Waals surface area contributed by atoms with Crippen molar-refractivity contribution in [3.8, 4) is 11.3 Å². The fraction of sp³-hybridized carbons (Fsp3) is 0.231. The van der Waals surface area contributed by atoms with Crippen molar-refractivity contribution < 1.29 is 27.3 Å². The summed E-state index contributed by atoms with van der Waals surface area (Å²) in [6.07, 6.45) is 2.36. The predicted octanol–water partition coefficient (Wildman–Crippen LogP) is 5.80. The van der Waals surface area contributed by atoms with Crippen LogP contribution in [0.1, 0.15) is 25.1 Å². The lowest BCUT2D eigenvalue weighted by Crippen LogP contribution is -2.47. The van der Waals surface area contributed by atoms with E-state index in [1.807, 2.05) is 30.3 Å². The molecule has 0 radical (unpaired) electrons. The number of hydrogen-bond acceptors (Lipinski definition) is 2. The van der Waals surface area contributed by atoms with E-state index in [0.29, 0.717) is 11.2 Å². The number of nitrogens with one attached hydrogen (secondary N) is 1. The minimum absolute atomic E-state index is 0.0949. The first kappa shape index (κ1) is 22.6. The Balaban J connectivity index is 2.04. The van der Waals surface area contributed by atoms with Gasteiger partial charge in [0.05, 0.1) is 7.11 Å². The van der Waals surface area contributed by atoms with Gasteiger partial charge in [-0.3, -0.25) is 0 Å². The number of fused-ring (bicyclic) bond motifs is 3. The van der Waals surface area contributed by atoms with Gasteiger partial charge in [-0.25, -0.2) is 18.0 Å². The van der Waals surface area contributed by atoms with Crippen LogP contribution in [0.4, 0.5) is 13.2 Å². The lowest BCUT2D eigenvalue weighted by Gasteiger charge is -2.16. The Kier molecular flexibility index (Phi) is 5.74. The van der Waals surface area contributed by atoms with Gasteiger partial charge in [-0.2, -0.15) is 4.57 Å². The van der Waals surface area contributed by atoms with Gasteiger partial charge in [0.15, 0.2) is 17.9 Å². The van der Waals surface area contributed by atoms with Crippen LogP contribution < -0.4 is 4.57 Å². The van der Waals surface area contributed by atoms with Crippen molar-refractivity contribution in [2.24, 2.45) is 0 Å². The van der Waals surface area contributed by atoms with Crippen molar-refractivity contribution in [2.75, 3.05) is 7.11 Å². The number of carbonyl (C=O) groups is 1. The lowest BCUT2D eigenvalue weighted by atomic mass is 10.0. The van der Waals surface area contributed by atoms with E-state index in [4.69, 9.17) is 0 Å². The number of H-pyrrole nitrogens is 1. The van der Waals surface area contributed by atoms with Crippen LogP contribution in [0.15, 0.2) is 48.5 Å². The molecule has 1 N–H and O–H groups in total. The van der Waals surface area contributed by atoms with E-state index in [0.717, 1.165) is 34.5 Å². The summed E-state index contributed by atoms with van der Waals surface area (Å²) < 4.78 is 51.7. The van der Waals surface area contributed by atoms with Gasteiger partial charge in [-0.05, 0) is 43.7 Å². The number of nitrogens with zero attached hydrogens (tertiary/aromatic N) is 1. The van der Waals surface area contributed by atoms with Gasteiger partial charge in [-0.15, -0.1) is 0 Å². The molecule has 0 unspecified atom stereocenters. The Morgan fingerprint density at radius 3 is 2.42 bits per heavy atom. The smallest absolute Gasteiger partial charge is 0.330 e. The van der Waals surface area contributed by atoms with E-state index in [1.165, 1.54) is 27.0 Å². The molecule has 0 atom stereocenters. The Hall–Kier alpha value is -3.61. The van der Waals surface area contributed by atoms with Gasteiger partial charge in [0, 0.05) is 35.4 Å². The molecule has 4 aromatic rings. The maximum Gasteiger partial charge on any atom is 0.330 e. The molecule has 0 aliphatic heterocycles. The second-order valence-electron chi connectivity index (χ2n) is 8.61. The molecule has 2 heterocycles. The molecule has 0 amide bonds. The molecular weight excluding hydrogens is 429 g/mol. The number of para-hydroxylation sites is 1. The molecule has 0 aliphatic rings. The molecule has 0 saturated heterocycles. The Bertz CT molecular complexity index is 1390. The second-order valence-corrected chi connectivity index (χ2v) is 8.61. The van der Waals surface area contributed by atoms with Crippen molar-refractivity contribution in [2.45, 2.75) is 33.0 Å². The quantitative estimate of drug-likeness (QED) is 0.236. The summed E-state index contributed by atoms with van der Waals surface area (Å²) in [5.74, 6) is -2.28. The third-order valence-electron chi connectivity index (χ3n) is 5.48. The van der Waals surface area contributed by atoms with Crippen LogP contribution in [0.25, 0.3) is 39.1 Å². The SMILES string of the molecule is COC(=O)/C=C/c1cc(F)c(-c2c3[nH]c4ccccc4c3cc(C)[n+]2CC(C)(C)F)c(F)c1. The summed E-state index contributed by atoms with van der Waals surface area (Å²) in [7, 11) is 1.21. The molecular formula is C26H24F3N2O2+. The van der Waals surface area contributed by atoms with E-state index < -0.39 is 23.3 Å². The van der Waals surface area contributed by atoms with Crippen molar-refractivity contribution in [1.82, 2.24) is 4.98 Å². The van der Waals surface area contributed by atoms with Crippen LogP contribution in [0.2, 0.25) is 0 Å². The number of methoxy groups -OCH3 is 1. The van der Waals surface area contributed by atoms with Crippen molar-refractivity contribution in [3.05, 3.63) is 71.4 Å². The van der Waals surface area contributed by atoms with Gasteiger partial charge >= 0.3 is 5.97 Å². The lowest BCUT2D eigenvalue weighted by molar-refractivity contribution is -0.701. The fourth-order valence-electron chi connectivity index (χ4n) is 4.09. The molecule has 7 heteroatoms. The number of halogens is 3. The number of aromatic amines is 1. The zero-order valence-corrected chi connectivity index (χ0v) is 18.8. The molecule has 4 rings (SSSR count).